The fourth-order valence-corrected chi connectivity index (χ4v) is 4.54. The lowest BCUT2D eigenvalue weighted by Crippen LogP contribution is -2.39. The van der Waals surface area contributed by atoms with E-state index in [-0.39, 0.29) is 23.3 Å². The van der Waals surface area contributed by atoms with Crippen LogP contribution in [-0.2, 0) is 16.8 Å². The second-order valence-corrected chi connectivity index (χ2v) is 9.87. The zero-order valence-electron chi connectivity index (χ0n) is 22.1. The van der Waals surface area contributed by atoms with Crippen molar-refractivity contribution in [3.8, 4) is 16.9 Å². The topological polar surface area (TPSA) is 135 Å². The predicted molar refractivity (Wildman–Crippen MR) is 152 cm³/mol. The summed E-state index contributed by atoms with van der Waals surface area (Å²) < 4.78 is 5.21. The third kappa shape index (κ3) is 5.06. The molecule has 10 heteroatoms. The van der Waals surface area contributed by atoms with Gasteiger partial charge in [-0.1, -0.05) is 18.2 Å². The van der Waals surface area contributed by atoms with Crippen LogP contribution in [0, 0.1) is 10.1 Å². The second-order valence-electron chi connectivity index (χ2n) is 9.87. The van der Waals surface area contributed by atoms with Gasteiger partial charge in [0.05, 0.1) is 52.3 Å². The lowest BCUT2D eigenvalue weighted by atomic mass is 9.83. The van der Waals surface area contributed by atoms with E-state index in [1.54, 1.807) is 36.5 Å². The van der Waals surface area contributed by atoms with E-state index in [9.17, 15) is 19.7 Å². The van der Waals surface area contributed by atoms with Gasteiger partial charge in [0.1, 0.15) is 0 Å². The Bertz CT molecular complexity index is 1640. The maximum Gasteiger partial charge on any atom is 0.310 e. The minimum atomic E-state index is -0.879. The van der Waals surface area contributed by atoms with E-state index in [0.717, 1.165) is 16.8 Å². The number of nitrogens with one attached hydrogen (secondary N) is 3. The van der Waals surface area contributed by atoms with E-state index < -0.39 is 10.3 Å². The van der Waals surface area contributed by atoms with Crippen molar-refractivity contribution < 1.29 is 19.2 Å². The Morgan fingerprint density at radius 1 is 0.975 bits per heavy atom. The largest absolute Gasteiger partial charge is 0.490 e. The first kappa shape index (κ1) is 26.4. The van der Waals surface area contributed by atoms with E-state index in [4.69, 9.17) is 4.74 Å². The minimum Gasteiger partial charge on any atom is -0.490 e. The number of benzene rings is 3. The quantitative estimate of drug-likeness (QED) is 0.207. The maximum atomic E-state index is 13.2. The molecule has 0 bridgehead atoms. The molecule has 0 atom stereocenters. The molecule has 1 aromatic heterocycles. The Morgan fingerprint density at radius 3 is 2.48 bits per heavy atom. The Labute approximate surface area is 230 Å². The Hall–Kier alpha value is -5.25. The number of carbonyl (C=O) groups excluding carboxylic acids is 2. The van der Waals surface area contributed by atoms with Gasteiger partial charge in [-0.25, -0.2) is 0 Å². The van der Waals surface area contributed by atoms with Crippen LogP contribution < -0.4 is 20.7 Å². The number of nitro benzene ring substituents is 1. The number of nitrogens with zero attached hydrogens (tertiary/aromatic N) is 2. The van der Waals surface area contributed by atoms with Gasteiger partial charge in [-0.2, -0.15) is 0 Å². The number of methoxy groups -OCH3 is 1. The molecule has 1 aliphatic rings. The number of pyridine rings is 1. The van der Waals surface area contributed by atoms with Crippen molar-refractivity contribution in [3.05, 3.63) is 106 Å². The van der Waals surface area contributed by atoms with Crippen LogP contribution in [0.15, 0.2) is 79.0 Å². The molecule has 0 radical (unpaired) electrons. The van der Waals surface area contributed by atoms with Crippen LogP contribution >= 0.6 is 0 Å². The normalized spacial score (nSPS) is 12.2. The van der Waals surface area contributed by atoms with Gasteiger partial charge < -0.3 is 20.7 Å². The molecule has 0 spiro atoms. The van der Waals surface area contributed by atoms with Crippen molar-refractivity contribution in [3.63, 3.8) is 0 Å². The Morgan fingerprint density at radius 2 is 1.75 bits per heavy atom. The molecule has 0 saturated heterocycles. The van der Waals surface area contributed by atoms with Crippen LogP contribution in [0.3, 0.4) is 0 Å². The van der Waals surface area contributed by atoms with Gasteiger partial charge in [0.25, 0.3) is 5.91 Å². The van der Waals surface area contributed by atoms with Crippen LogP contribution in [0.1, 0.15) is 35.5 Å². The fraction of sp³-hybridized carbons (Fsp3) is 0.167. The zero-order chi connectivity index (χ0) is 28.4. The van der Waals surface area contributed by atoms with E-state index >= 15 is 0 Å². The van der Waals surface area contributed by atoms with Gasteiger partial charge in [0.15, 0.2) is 5.75 Å². The summed E-state index contributed by atoms with van der Waals surface area (Å²) in [6, 6.07) is 20.9. The van der Waals surface area contributed by atoms with Crippen molar-refractivity contribution in [2.75, 3.05) is 17.7 Å². The number of hydrogen-bond donors (Lipinski definition) is 3. The lowest BCUT2D eigenvalue weighted by Gasteiger charge is -2.25. The standard InChI is InChI=1S/C30H27N5O5/c1-30(2,29(37)32-17-21-6-4-5-13-31-21)20-9-11-23-25(16-20)34-28(36)22-10-7-18(14-24(22)33-23)19-8-12-26(35(38)39)27(15-19)40-3/h4-16,33H,17H2,1-3H3,(H,32,37)(H,34,36). The monoisotopic (exact) mass is 537 g/mol. The number of nitro groups is 1. The van der Waals surface area contributed by atoms with Crippen molar-refractivity contribution in [2.45, 2.75) is 25.8 Å². The SMILES string of the molecule is COc1cc(-c2ccc3c(c2)Nc2ccc(C(C)(C)C(=O)NCc4ccccn4)cc2NC3=O)ccc1[N+](=O)[O-]. The Kier molecular flexibility index (Phi) is 6.91. The van der Waals surface area contributed by atoms with E-state index in [0.29, 0.717) is 34.7 Å². The van der Waals surface area contributed by atoms with Crippen LogP contribution in [0.5, 0.6) is 5.75 Å². The van der Waals surface area contributed by atoms with Crippen molar-refractivity contribution in [1.82, 2.24) is 10.3 Å². The first-order chi connectivity index (χ1) is 19.2. The summed E-state index contributed by atoms with van der Waals surface area (Å²) in [5, 5.41) is 20.5. The molecule has 202 valence electrons. The summed E-state index contributed by atoms with van der Waals surface area (Å²) in [5.41, 5.74) is 4.15. The highest BCUT2D eigenvalue weighted by atomic mass is 16.6. The number of carbonyl (C=O) groups is 2. The van der Waals surface area contributed by atoms with E-state index in [1.807, 2.05) is 50.2 Å². The summed E-state index contributed by atoms with van der Waals surface area (Å²) in [4.78, 5) is 41.3. The van der Waals surface area contributed by atoms with Crippen LogP contribution in [0.2, 0.25) is 0 Å². The molecule has 2 amide bonds. The maximum absolute atomic E-state index is 13.2. The molecule has 10 nitrogen and oxygen atoms in total. The zero-order valence-corrected chi connectivity index (χ0v) is 22.1. The van der Waals surface area contributed by atoms with Crippen LogP contribution in [0.4, 0.5) is 22.7 Å². The van der Waals surface area contributed by atoms with Crippen molar-refractivity contribution in [2.24, 2.45) is 0 Å². The molecule has 3 aromatic carbocycles. The number of rotatable bonds is 7. The minimum absolute atomic E-state index is 0.128. The number of hydrogen-bond acceptors (Lipinski definition) is 7. The molecule has 0 fully saturated rings. The Balaban J connectivity index is 1.41. The molecule has 4 aromatic rings. The molecule has 1 aliphatic heterocycles. The number of anilines is 3. The van der Waals surface area contributed by atoms with Gasteiger partial charge in [0.2, 0.25) is 5.91 Å². The molecule has 0 aliphatic carbocycles. The van der Waals surface area contributed by atoms with E-state index in [1.165, 1.54) is 13.2 Å². The molecule has 0 saturated carbocycles. The molecule has 0 unspecified atom stereocenters. The first-order valence-corrected chi connectivity index (χ1v) is 12.6. The van der Waals surface area contributed by atoms with Crippen LogP contribution in [-0.4, -0.2) is 28.8 Å². The molecule has 5 rings (SSSR count). The highest BCUT2D eigenvalue weighted by molar-refractivity contribution is 6.12. The van der Waals surface area contributed by atoms with Crippen molar-refractivity contribution in [1.29, 1.82) is 0 Å². The lowest BCUT2D eigenvalue weighted by molar-refractivity contribution is -0.385. The number of ether oxygens (including phenoxy) is 1. The number of fused-ring (bicyclic) bond motifs is 2. The summed E-state index contributed by atoms with van der Waals surface area (Å²) >= 11 is 0. The van der Waals surface area contributed by atoms with Gasteiger partial charge >= 0.3 is 5.69 Å². The average molecular weight is 538 g/mol. The molecule has 3 N–H and O–H groups in total. The highest BCUT2D eigenvalue weighted by Gasteiger charge is 2.31. The number of aromatic nitrogens is 1. The smallest absolute Gasteiger partial charge is 0.310 e. The summed E-state index contributed by atoms with van der Waals surface area (Å²) in [6.45, 7) is 3.96. The summed E-state index contributed by atoms with van der Waals surface area (Å²) in [7, 11) is 1.38. The second kappa shape index (κ2) is 10.5. The third-order valence-corrected chi connectivity index (χ3v) is 6.96. The highest BCUT2D eigenvalue weighted by Crippen LogP contribution is 2.38. The van der Waals surface area contributed by atoms with Gasteiger partial charge in [-0.15, -0.1) is 0 Å². The molecule has 2 heterocycles. The van der Waals surface area contributed by atoms with Gasteiger partial charge in [-0.05, 0) is 79.1 Å². The average Bonchev–Trinajstić information content (AvgIpc) is 3.10. The molecular weight excluding hydrogens is 510 g/mol. The third-order valence-electron chi connectivity index (χ3n) is 6.96. The number of amides is 2. The van der Waals surface area contributed by atoms with Gasteiger partial charge in [0, 0.05) is 12.3 Å². The van der Waals surface area contributed by atoms with Gasteiger partial charge in [-0.3, -0.25) is 24.7 Å². The van der Waals surface area contributed by atoms with E-state index in [2.05, 4.69) is 20.9 Å². The predicted octanol–water partition coefficient (Wildman–Crippen LogP) is 5.57. The summed E-state index contributed by atoms with van der Waals surface area (Å²) in [6.07, 6.45) is 1.68. The van der Waals surface area contributed by atoms with Crippen molar-refractivity contribution >= 4 is 34.6 Å². The van der Waals surface area contributed by atoms with Crippen LogP contribution in [0.25, 0.3) is 11.1 Å². The molecule has 40 heavy (non-hydrogen) atoms. The molecular formula is C30H27N5O5. The summed E-state index contributed by atoms with van der Waals surface area (Å²) in [5.74, 6) is -0.325. The first-order valence-electron chi connectivity index (χ1n) is 12.6. The fourth-order valence-electron chi connectivity index (χ4n) is 4.54.